The van der Waals surface area contributed by atoms with Crippen molar-refractivity contribution in [3.05, 3.63) is 69.7 Å². The van der Waals surface area contributed by atoms with Gasteiger partial charge < -0.3 is 5.11 Å². The quantitative estimate of drug-likeness (QED) is 0.842. The number of hydrogen-bond donors (Lipinski definition) is 1. The minimum absolute atomic E-state index is 0.331. The first-order valence-corrected chi connectivity index (χ1v) is 7.07. The number of carboxylic acid groups (broad SMARTS) is 1. The molecule has 2 rings (SSSR count). The van der Waals surface area contributed by atoms with Gasteiger partial charge in [-0.15, -0.1) is 0 Å². The van der Waals surface area contributed by atoms with Gasteiger partial charge in [0, 0.05) is 23.2 Å². The van der Waals surface area contributed by atoms with E-state index in [2.05, 4.69) is 4.99 Å². The van der Waals surface area contributed by atoms with Crippen LogP contribution in [-0.4, -0.2) is 23.3 Å². The van der Waals surface area contributed by atoms with Crippen LogP contribution >= 0.6 is 23.2 Å². The number of aliphatic carboxylic acids is 1. The lowest BCUT2D eigenvalue weighted by Gasteiger charge is -2.07. The van der Waals surface area contributed by atoms with E-state index in [-0.39, 0.29) is 0 Å². The fraction of sp³-hybridized carbons (Fsp3) is 0.125. The first-order chi connectivity index (χ1) is 10.1. The van der Waals surface area contributed by atoms with Crippen molar-refractivity contribution < 1.29 is 9.90 Å². The fourth-order valence-electron chi connectivity index (χ4n) is 1.82. The molecule has 0 aliphatic rings. The molecule has 0 aliphatic heterocycles. The van der Waals surface area contributed by atoms with Gasteiger partial charge in [0.1, 0.15) is 0 Å². The molecule has 3 nitrogen and oxygen atoms in total. The highest BCUT2D eigenvalue weighted by Gasteiger charge is 2.16. The third-order valence-corrected chi connectivity index (χ3v) is 3.48. The molecule has 0 aromatic heterocycles. The van der Waals surface area contributed by atoms with Gasteiger partial charge >= 0.3 is 5.97 Å². The summed E-state index contributed by atoms with van der Waals surface area (Å²) < 4.78 is 0. The first-order valence-electron chi connectivity index (χ1n) is 6.31. The fourth-order valence-corrected chi connectivity index (χ4v) is 2.27. The number of nitrogens with zero attached hydrogens (tertiary/aromatic N) is 1. The van der Waals surface area contributed by atoms with Crippen LogP contribution in [-0.2, 0) is 11.2 Å². The van der Waals surface area contributed by atoms with Crippen LogP contribution in [0.25, 0.3) is 0 Å². The Kier molecular flexibility index (Phi) is 5.37. The third-order valence-electron chi connectivity index (χ3n) is 2.91. The van der Waals surface area contributed by atoms with E-state index in [1.165, 1.54) is 6.21 Å². The topological polar surface area (TPSA) is 49.7 Å². The lowest BCUT2D eigenvalue weighted by molar-refractivity contribution is -0.138. The largest absolute Gasteiger partial charge is 0.480 e. The van der Waals surface area contributed by atoms with Crippen LogP contribution < -0.4 is 0 Å². The zero-order valence-electron chi connectivity index (χ0n) is 11.0. The molecule has 0 aliphatic carbocycles. The molecular formula is C16H13Cl2NO2. The van der Waals surface area contributed by atoms with E-state index in [4.69, 9.17) is 23.2 Å². The number of aliphatic imine (C=N–C) groups is 1. The summed E-state index contributed by atoms with van der Waals surface area (Å²) in [6.07, 6.45) is 1.80. The predicted octanol–water partition coefficient (Wildman–Crippen LogP) is 4.11. The first kappa shape index (κ1) is 15.5. The molecule has 5 heteroatoms. The van der Waals surface area contributed by atoms with Crippen molar-refractivity contribution in [2.45, 2.75) is 12.5 Å². The van der Waals surface area contributed by atoms with Gasteiger partial charge in [-0.05, 0) is 17.7 Å². The Bertz CT molecular complexity index is 657. The molecule has 1 atom stereocenters. The van der Waals surface area contributed by atoms with E-state index >= 15 is 0 Å². The lowest BCUT2D eigenvalue weighted by Crippen LogP contribution is -2.20. The van der Waals surface area contributed by atoms with Gasteiger partial charge in [-0.2, -0.15) is 0 Å². The van der Waals surface area contributed by atoms with Crippen molar-refractivity contribution in [3.63, 3.8) is 0 Å². The van der Waals surface area contributed by atoms with Crippen LogP contribution in [0.15, 0.2) is 53.5 Å². The molecule has 21 heavy (non-hydrogen) atoms. The highest BCUT2D eigenvalue weighted by Crippen LogP contribution is 2.19. The molecule has 1 unspecified atom stereocenters. The average molecular weight is 322 g/mol. The van der Waals surface area contributed by atoms with Gasteiger partial charge in [0.2, 0.25) is 0 Å². The molecule has 108 valence electrons. The Morgan fingerprint density at radius 2 is 1.90 bits per heavy atom. The molecule has 0 bridgehead atoms. The molecule has 0 saturated heterocycles. The minimum Gasteiger partial charge on any atom is -0.480 e. The van der Waals surface area contributed by atoms with Gasteiger partial charge in [-0.3, -0.25) is 4.99 Å². The summed E-state index contributed by atoms with van der Waals surface area (Å²) in [5, 5.41) is 10.2. The van der Waals surface area contributed by atoms with Crippen LogP contribution in [0.5, 0.6) is 0 Å². The van der Waals surface area contributed by atoms with Gasteiger partial charge in [0.15, 0.2) is 6.04 Å². The van der Waals surface area contributed by atoms with E-state index in [1.807, 2.05) is 30.3 Å². The summed E-state index contributed by atoms with van der Waals surface area (Å²) in [4.78, 5) is 15.4. The van der Waals surface area contributed by atoms with E-state index in [0.29, 0.717) is 22.0 Å². The maximum atomic E-state index is 11.3. The highest BCUT2D eigenvalue weighted by molar-refractivity contribution is 6.36. The second-order valence-electron chi connectivity index (χ2n) is 4.49. The monoisotopic (exact) mass is 321 g/mol. The Labute approximate surface area is 132 Å². The van der Waals surface area contributed by atoms with E-state index < -0.39 is 12.0 Å². The zero-order valence-corrected chi connectivity index (χ0v) is 12.6. The van der Waals surface area contributed by atoms with E-state index in [9.17, 15) is 9.90 Å². The molecule has 2 aromatic carbocycles. The maximum Gasteiger partial charge on any atom is 0.328 e. The Morgan fingerprint density at radius 3 is 2.52 bits per heavy atom. The van der Waals surface area contributed by atoms with Crippen molar-refractivity contribution in [1.29, 1.82) is 0 Å². The van der Waals surface area contributed by atoms with Crippen molar-refractivity contribution in [1.82, 2.24) is 0 Å². The number of benzene rings is 2. The molecule has 0 radical (unpaired) electrons. The van der Waals surface area contributed by atoms with Crippen LogP contribution in [0.1, 0.15) is 11.1 Å². The summed E-state index contributed by atoms with van der Waals surface area (Å²) in [5.74, 6) is -0.972. The van der Waals surface area contributed by atoms with Crippen molar-refractivity contribution in [3.8, 4) is 0 Å². The number of carbonyl (C=O) groups is 1. The number of rotatable bonds is 5. The van der Waals surface area contributed by atoms with E-state index in [1.54, 1.807) is 18.2 Å². The SMILES string of the molecule is O=C(O)C(Cc1ccccc1)N=Cc1ccc(Cl)cc1Cl. The summed E-state index contributed by atoms with van der Waals surface area (Å²) in [6.45, 7) is 0. The summed E-state index contributed by atoms with van der Waals surface area (Å²) in [6, 6.07) is 13.5. The number of halogens is 2. The van der Waals surface area contributed by atoms with E-state index in [0.717, 1.165) is 5.56 Å². The van der Waals surface area contributed by atoms with Crippen LogP contribution in [0.4, 0.5) is 0 Å². The Morgan fingerprint density at radius 1 is 1.19 bits per heavy atom. The normalized spacial score (nSPS) is 12.5. The maximum absolute atomic E-state index is 11.3. The molecule has 0 amide bonds. The van der Waals surface area contributed by atoms with Crippen LogP contribution in [0, 0.1) is 0 Å². The molecule has 0 fully saturated rings. The van der Waals surface area contributed by atoms with Gasteiger partial charge in [0.05, 0.1) is 5.02 Å². The molecule has 0 heterocycles. The zero-order chi connectivity index (χ0) is 15.2. The molecule has 2 aromatic rings. The average Bonchev–Trinajstić information content (AvgIpc) is 2.46. The van der Waals surface area contributed by atoms with Gasteiger partial charge in [0.25, 0.3) is 0 Å². The molecular weight excluding hydrogens is 309 g/mol. The van der Waals surface area contributed by atoms with Gasteiger partial charge in [-0.1, -0.05) is 59.6 Å². The summed E-state index contributed by atoms with van der Waals surface area (Å²) in [7, 11) is 0. The van der Waals surface area contributed by atoms with Crippen molar-refractivity contribution in [2.24, 2.45) is 4.99 Å². The third kappa shape index (κ3) is 4.59. The Balaban J connectivity index is 2.16. The Hall–Kier alpha value is -1.84. The minimum atomic E-state index is -0.972. The number of hydrogen-bond acceptors (Lipinski definition) is 2. The van der Waals surface area contributed by atoms with Gasteiger partial charge in [-0.25, -0.2) is 4.79 Å². The lowest BCUT2D eigenvalue weighted by atomic mass is 10.1. The van der Waals surface area contributed by atoms with Crippen molar-refractivity contribution >= 4 is 35.4 Å². The summed E-state index contributed by atoms with van der Waals surface area (Å²) in [5.41, 5.74) is 1.56. The molecule has 1 N–H and O–H groups in total. The second kappa shape index (κ2) is 7.25. The van der Waals surface area contributed by atoms with Crippen LogP contribution in [0.2, 0.25) is 10.0 Å². The highest BCUT2D eigenvalue weighted by atomic mass is 35.5. The van der Waals surface area contributed by atoms with Crippen molar-refractivity contribution in [2.75, 3.05) is 0 Å². The molecule has 0 saturated carbocycles. The predicted molar refractivity (Wildman–Crippen MR) is 85.6 cm³/mol. The van der Waals surface area contributed by atoms with Crippen LogP contribution in [0.3, 0.4) is 0 Å². The number of carboxylic acids is 1. The summed E-state index contributed by atoms with van der Waals surface area (Å²) >= 11 is 11.8. The molecule has 0 spiro atoms. The second-order valence-corrected chi connectivity index (χ2v) is 5.33. The standard InChI is InChI=1S/C16H13Cl2NO2/c17-13-7-6-12(14(18)9-13)10-19-15(16(20)21)8-11-4-2-1-3-5-11/h1-7,9-10,15H,8H2,(H,20,21). The smallest absolute Gasteiger partial charge is 0.328 e.